The van der Waals surface area contributed by atoms with Gasteiger partial charge in [0, 0.05) is 49.6 Å². The number of rotatable bonds is 44. The molecule has 6 atom stereocenters. The van der Waals surface area contributed by atoms with Crippen LogP contribution in [0.15, 0.2) is 67.8 Å². The zero-order chi connectivity index (χ0) is 82.2. The molecule has 6 unspecified atom stereocenters. The first-order valence-electron chi connectivity index (χ1n) is 35.0. The number of esters is 6. The molecule has 0 saturated carbocycles. The van der Waals surface area contributed by atoms with Gasteiger partial charge in [0.2, 0.25) is 0 Å². The highest BCUT2D eigenvalue weighted by molar-refractivity contribution is 14.1. The summed E-state index contributed by atoms with van der Waals surface area (Å²) in [4.78, 5) is 112. The highest BCUT2D eigenvalue weighted by Crippen LogP contribution is 2.36. The van der Waals surface area contributed by atoms with Crippen LogP contribution in [0.3, 0.4) is 0 Å². The quantitative estimate of drug-likeness (QED) is 0.0105. The first kappa shape index (κ1) is 106. The molecule has 0 bridgehead atoms. The van der Waals surface area contributed by atoms with Gasteiger partial charge >= 0.3 is 53.7 Å². The number of aromatic nitrogens is 2. The third-order valence-electron chi connectivity index (χ3n) is 15.3. The number of carboxylic acids is 3. The van der Waals surface area contributed by atoms with E-state index in [1.54, 1.807) is 112 Å². The minimum Gasteiger partial charge on any atom is -0.481 e. The highest BCUT2D eigenvalue weighted by atomic mass is 127. The number of ether oxygens (including phenoxy) is 6. The van der Waals surface area contributed by atoms with Crippen LogP contribution in [0.1, 0.15) is 236 Å². The zero-order valence-electron chi connectivity index (χ0n) is 64.8. The lowest BCUT2D eigenvalue weighted by Crippen LogP contribution is -2.30. The van der Waals surface area contributed by atoms with Gasteiger partial charge in [0.25, 0.3) is 0 Å². The Hall–Kier alpha value is -6.04. The summed E-state index contributed by atoms with van der Waals surface area (Å²) in [6.07, 6.45) is 23.3. The minimum absolute atomic E-state index is 0.00276. The van der Waals surface area contributed by atoms with E-state index in [-0.39, 0.29) is 96.5 Å². The van der Waals surface area contributed by atoms with Crippen molar-refractivity contribution in [3.63, 3.8) is 0 Å². The van der Waals surface area contributed by atoms with Crippen LogP contribution >= 0.6 is 90.2 Å². The number of thiocarbonyl (C=S) groups is 1. The predicted octanol–water partition coefficient (Wildman–Crippen LogP) is 18.2. The number of pyridine rings is 2. The number of nitrogens with zero attached hydrogens (tertiary/aromatic N) is 5. The molecule has 3 N–H and O–H groups in total. The third kappa shape index (κ3) is 57.1. The van der Waals surface area contributed by atoms with Crippen molar-refractivity contribution < 1.29 is 86.9 Å². The van der Waals surface area contributed by atoms with E-state index in [0.29, 0.717) is 18.4 Å². The van der Waals surface area contributed by atoms with E-state index in [4.69, 9.17) is 56.0 Å². The lowest BCUT2D eigenvalue weighted by atomic mass is 9.79. The van der Waals surface area contributed by atoms with Crippen LogP contribution < -0.4 is 0 Å². The second-order valence-electron chi connectivity index (χ2n) is 27.3. The maximum Gasteiger partial charge on any atom is 0.333 e. The van der Waals surface area contributed by atoms with E-state index in [9.17, 15) is 58.9 Å². The summed E-state index contributed by atoms with van der Waals surface area (Å²) in [5.74, 6) is -5.57. The van der Waals surface area contributed by atoms with E-state index in [2.05, 4.69) is 103 Å². The molecule has 2 aromatic rings. The standard InChI is InChI=1S/C24H34N2O6.C19H33NO2S3.C16H24BrNO6.C10H15BrO4.C7H7N.CH3I/c1-17(19-7-10-26-11-8-19)14-23(3,4)22(30)32-13-12-31-21(29)18(2)15-24(5,16-25)9-6-20(27)28;1-3-4-5-6-7-8-9-10-11-12-15-24-18(23)25-19(2,16-20)14-13-17(21)22;1-11(9-16(4,10-18)6-5-12(19)20)13(21)23-7-8-24-14(22)15(2,3)17;1-7(2)8(12)14-5-6-15-9(13)10(3,4)11;1-2-7-3-5-8-6-4-7;1-2/h7-8,10-11,17-18H,6,9,12-15H2,1-5H3,(H,27,28);3-15H2,1-2H3,(H,21,22);11H,5-9H2,1-4H3,(H,19,20);1,5-6H2,2-4H3;2-6H,1H2;1H3. The molecule has 0 aromatic carbocycles. The van der Waals surface area contributed by atoms with Crippen molar-refractivity contribution in [2.24, 2.45) is 28.1 Å². The van der Waals surface area contributed by atoms with E-state index in [1.165, 1.54) is 69.5 Å². The molecule has 2 aromatic heterocycles. The molecule has 0 aliphatic rings. The Labute approximate surface area is 674 Å². The lowest BCUT2D eigenvalue weighted by Gasteiger charge is -2.26. The maximum absolute atomic E-state index is 12.5. The average molecular weight is 1780 g/mol. The molecular formula is C77H116Br2IN5O18S3. The summed E-state index contributed by atoms with van der Waals surface area (Å²) >= 11 is 16.8. The van der Waals surface area contributed by atoms with Crippen LogP contribution in [-0.2, 0) is 71.6 Å². The maximum atomic E-state index is 12.5. The molecule has 0 spiro atoms. The molecular weight excluding hydrogens is 1670 g/mol. The van der Waals surface area contributed by atoms with Gasteiger partial charge in [-0.1, -0.05) is 183 Å². The number of aliphatic carboxylic acids is 3. The van der Waals surface area contributed by atoms with Gasteiger partial charge in [-0.15, -0.1) is 11.8 Å². The normalized spacial score (nSPS) is 13.2. The average Bonchev–Trinajstić information content (AvgIpc) is 0.855. The number of alkyl halides is 3. The van der Waals surface area contributed by atoms with Crippen LogP contribution in [0.25, 0.3) is 6.08 Å². The number of unbranched alkanes of at least 4 members (excludes halogenated alkanes) is 9. The number of carbonyl (C=O) groups excluding carboxylic acids is 6. The Morgan fingerprint density at radius 1 is 0.566 bits per heavy atom. The summed E-state index contributed by atoms with van der Waals surface area (Å²) in [6, 6.07) is 14.0. The van der Waals surface area contributed by atoms with Gasteiger partial charge in [-0.2, -0.15) is 15.8 Å². The zero-order valence-corrected chi connectivity index (χ0v) is 72.6. The SMILES string of the molecule is C=C(C)C(=O)OCCOC(=O)C(C)(C)Br.C=Cc1ccncc1.CC(CC(C)(C#N)CCC(=O)O)C(=O)OCCOC(=O)C(C)(C)Br.CC(CC(C)(C#N)CCC(=O)O)C(=O)OCCOC(=O)C(C)(C)CC(C)c1ccncc1.CCCCCCCCCCCCSC(=S)SC(C)(C#N)CCC(=O)O.CI. The number of hydrogen-bond donors (Lipinski definition) is 3. The Balaban J connectivity index is -0.000000640. The largest absolute Gasteiger partial charge is 0.481 e. The number of nitriles is 3. The van der Waals surface area contributed by atoms with Crippen LogP contribution in [-0.4, -0.2) is 146 Å². The van der Waals surface area contributed by atoms with Gasteiger partial charge in [-0.05, 0) is 166 Å². The topological polar surface area (TPSA) is 367 Å². The van der Waals surface area contributed by atoms with Crippen molar-refractivity contribution in [2.75, 3.05) is 50.3 Å². The van der Waals surface area contributed by atoms with Gasteiger partial charge in [0.15, 0.2) is 0 Å². The summed E-state index contributed by atoms with van der Waals surface area (Å²) in [5, 5.41) is 54.2. The molecule has 0 fully saturated rings. The van der Waals surface area contributed by atoms with Crippen LogP contribution in [0, 0.1) is 62.1 Å². The van der Waals surface area contributed by atoms with Gasteiger partial charge in [0.1, 0.15) is 56.6 Å². The number of thioether (sulfide) groups is 2. The lowest BCUT2D eigenvalue weighted by molar-refractivity contribution is -0.161. The number of carbonyl (C=O) groups is 9. The molecule has 106 heavy (non-hydrogen) atoms. The Morgan fingerprint density at radius 2 is 0.925 bits per heavy atom. The fourth-order valence-electron chi connectivity index (χ4n) is 9.05. The predicted molar refractivity (Wildman–Crippen MR) is 436 cm³/mol. The Kier molecular flexibility index (Phi) is 60.0. The Bertz CT molecular complexity index is 3100. The molecule has 2 heterocycles. The van der Waals surface area contributed by atoms with Crippen LogP contribution in [0.4, 0.5) is 0 Å². The Morgan fingerprint density at radius 3 is 1.27 bits per heavy atom. The van der Waals surface area contributed by atoms with Crippen LogP contribution in [0.2, 0.25) is 0 Å². The van der Waals surface area contributed by atoms with E-state index < -0.39 is 89.2 Å². The first-order valence-corrected chi connectivity index (χ1v) is 41.0. The molecule has 0 aliphatic carbocycles. The van der Waals surface area contributed by atoms with E-state index in [1.807, 2.05) is 50.0 Å². The summed E-state index contributed by atoms with van der Waals surface area (Å²) in [5.41, 5.74) is -0.0282. The molecule has 29 heteroatoms. The van der Waals surface area contributed by atoms with Gasteiger partial charge < -0.3 is 43.7 Å². The highest BCUT2D eigenvalue weighted by Gasteiger charge is 2.35. The van der Waals surface area contributed by atoms with Crippen molar-refractivity contribution in [3.8, 4) is 18.2 Å². The molecule has 0 aliphatic heterocycles. The fourth-order valence-corrected chi connectivity index (χ4v) is 12.3. The number of carboxylic acid groups (broad SMARTS) is 3. The van der Waals surface area contributed by atoms with E-state index >= 15 is 0 Å². The minimum atomic E-state index is -0.985. The third-order valence-corrected chi connectivity index (χ3v) is 18.8. The van der Waals surface area contributed by atoms with Crippen molar-refractivity contribution in [1.29, 1.82) is 15.8 Å². The summed E-state index contributed by atoms with van der Waals surface area (Å²) in [6.45, 7) is 31.2. The summed E-state index contributed by atoms with van der Waals surface area (Å²) in [7, 11) is 0. The van der Waals surface area contributed by atoms with Crippen LogP contribution in [0.5, 0.6) is 0 Å². The number of hydrogen-bond acceptors (Lipinski definition) is 23. The van der Waals surface area contributed by atoms with Gasteiger partial charge in [-0.25, -0.2) is 4.79 Å². The van der Waals surface area contributed by atoms with Crippen molar-refractivity contribution in [1.82, 2.24) is 9.97 Å². The second kappa shape index (κ2) is 59.9. The molecule has 0 amide bonds. The van der Waals surface area contributed by atoms with Gasteiger partial charge in [-0.3, -0.25) is 48.3 Å². The molecule has 2 rings (SSSR count). The molecule has 23 nitrogen and oxygen atoms in total. The van der Waals surface area contributed by atoms with Crippen molar-refractivity contribution >= 4 is 154 Å². The summed E-state index contributed by atoms with van der Waals surface area (Å²) < 4.78 is 28.5. The molecule has 0 radical (unpaired) electrons. The first-order chi connectivity index (χ1) is 49.4. The molecule has 596 valence electrons. The van der Waals surface area contributed by atoms with Crippen molar-refractivity contribution in [2.45, 2.75) is 238 Å². The van der Waals surface area contributed by atoms with Crippen molar-refractivity contribution in [3.05, 3.63) is 78.9 Å². The molecule has 0 saturated heterocycles. The smallest absolute Gasteiger partial charge is 0.333 e. The fraction of sp³-hybridized carbons (Fsp3) is 0.649. The second-order valence-corrected chi connectivity index (χ2v) is 35.1. The number of halogens is 3. The van der Waals surface area contributed by atoms with Gasteiger partial charge in [0.05, 0.1) is 46.3 Å². The monoisotopic (exact) mass is 1780 g/mol. The van der Waals surface area contributed by atoms with E-state index in [0.717, 1.165) is 26.8 Å².